The minimum Gasteiger partial charge on any atom is -0.253 e. The van der Waals surface area contributed by atoms with E-state index in [4.69, 9.17) is 6.92 Å². The van der Waals surface area contributed by atoms with Gasteiger partial charge in [0.25, 0.3) is 0 Å². The highest BCUT2D eigenvalue weighted by Crippen LogP contribution is 2.21. The van der Waals surface area contributed by atoms with Gasteiger partial charge in [-0.15, -0.1) is 0 Å². The van der Waals surface area contributed by atoms with Gasteiger partial charge in [-0.1, -0.05) is 6.07 Å². The highest BCUT2D eigenvalue weighted by Gasteiger charge is 2.07. The summed E-state index contributed by atoms with van der Waals surface area (Å²) >= 11 is 0. The molecule has 1 nitrogen and oxygen atoms in total. The molecule has 0 aliphatic carbocycles. The maximum absolute atomic E-state index is 13.5. The van der Waals surface area contributed by atoms with Gasteiger partial charge in [0.05, 0.1) is 5.69 Å². The second kappa shape index (κ2) is 4.39. The summed E-state index contributed by atoms with van der Waals surface area (Å²) in [5.41, 5.74) is 1.40. The summed E-state index contributed by atoms with van der Waals surface area (Å²) in [5.74, 6) is -1.22. The van der Waals surface area contributed by atoms with Crippen molar-refractivity contribution in [1.29, 1.82) is 0 Å². The monoisotopic (exact) mass is 217 g/mol. The fraction of sp³-hybridized carbons (Fsp3) is 0.0769. The number of aromatic nitrogens is 1. The van der Waals surface area contributed by atoms with Crippen molar-refractivity contribution in [3.05, 3.63) is 60.7 Å². The molecule has 0 unspecified atom stereocenters. The highest BCUT2D eigenvalue weighted by molar-refractivity contribution is 5.59. The lowest BCUT2D eigenvalue weighted by molar-refractivity contribution is 0.585. The third-order valence-electron chi connectivity index (χ3n) is 2.22. The summed E-state index contributed by atoms with van der Waals surface area (Å²) in [4.78, 5) is 4.16. The van der Waals surface area contributed by atoms with Gasteiger partial charge in [-0.05, 0) is 37.6 Å². The van der Waals surface area contributed by atoms with E-state index in [9.17, 15) is 8.78 Å². The van der Waals surface area contributed by atoms with Crippen molar-refractivity contribution in [1.82, 2.24) is 4.98 Å². The fourth-order valence-corrected chi connectivity index (χ4v) is 1.44. The van der Waals surface area contributed by atoms with Gasteiger partial charge in [-0.3, -0.25) is 4.98 Å². The van der Waals surface area contributed by atoms with E-state index in [2.05, 4.69) is 4.98 Å². The van der Waals surface area contributed by atoms with Crippen LogP contribution in [0.5, 0.6) is 0 Å². The molecular weight excluding hydrogens is 208 g/mol. The zero-order valence-corrected chi connectivity index (χ0v) is 8.45. The zero-order chi connectivity index (χ0) is 11.5. The minimum absolute atomic E-state index is 0.275. The summed E-state index contributed by atoms with van der Waals surface area (Å²) < 4.78 is 26.2. The van der Waals surface area contributed by atoms with Crippen LogP contribution in [0.1, 0.15) is 5.69 Å². The highest BCUT2D eigenvalue weighted by atomic mass is 19.1. The van der Waals surface area contributed by atoms with E-state index < -0.39 is 11.6 Å². The molecular formula is C13H9F2N. The first kappa shape index (κ1) is 10.7. The van der Waals surface area contributed by atoms with Crippen LogP contribution < -0.4 is 0 Å². The molecule has 0 spiro atoms. The van der Waals surface area contributed by atoms with Gasteiger partial charge in [-0.25, -0.2) is 8.78 Å². The molecule has 0 bridgehead atoms. The Morgan fingerprint density at radius 3 is 2.62 bits per heavy atom. The zero-order valence-electron chi connectivity index (χ0n) is 8.45. The first-order valence-corrected chi connectivity index (χ1v) is 4.82. The summed E-state index contributed by atoms with van der Waals surface area (Å²) in [6, 6.07) is 8.57. The fourth-order valence-electron chi connectivity index (χ4n) is 1.44. The van der Waals surface area contributed by atoms with Crippen LogP contribution in [0.4, 0.5) is 8.78 Å². The molecule has 2 radical (unpaired) electrons. The number of rotatable bonds is 2. The molecule has 0 N–H and O–H groups in total. The molecule has 2 aromatic rings. The van der Waals surface area contributed by atoms with Crippen molar-refractivity contribution < 1.29 is 8.78 Å². The normalized spacial score (nSPS) is 10.4. The average molecular weight is 217 g/mol. The molecule has 0 amide bonds. The van der Waals surface area contributed by atoms with Gasteiger partial charge < -0.3 is 0 Å². The van der Waals surface area contributed by atoms with Crippen LogP contribution >= 0.6 is 0 Å². The molecule has 2 rings (SSSR count). The van der Waals surface area contributed by atoms with Gasteiger partial charge in [0.15, 0.2) is 0 Å². The molecule has 16 heavy (non-hydrogen) atoms. The average Bonchev–Trinajstić information content (AvgIpc) is 2.29. The van der Waals surface area contributed by atoms with Gasteiger partial charge in [0.1, 0.15) is 11.6 Å². The Kier molecular flexibility index (Phi) is 2.95. The first-order chi connectivity index (χ1) is 7.70. The van der Waals surface area contributed by atoms with E-state index >= 15 is 0 Å². The lowest BCUT2D eigenvalue weighted by Gasteiger charge is -2.04. The Balaban J connectivity index is 2.49. The second-order valence-corrected chi connectivity index (χ2v) is 3.34. The minimum atomic E-state index is -0.623. The van der Waals surface area contributed by atoms with Crippen molar-refractivity contribution in [2.75, 3.05) is 0 Å². The van der Waals surface area contributed by atoms with E-state index in [0.717, 1.165) is 6.07 Å². The largest absolute Gasteiger partial charge is 0.253 e. The number of hydrogen-bond donors (Lipinski definition) is 0. The number of halogens is 2. The molecule has 0 aliphatic heterocycles. The van der Waals surface area contributed by atoms with Crippen LogP contribution in [0.25, 0.3) is 11.3 Å². The Hall–Kier alpha value is -1.77. The van der Waals surface area contributed by atoms with Gasteiger partial charge >= 0.3 is 0 Å². The maximum atomic E-state index is 13.5. The standard InChI is InChI=1S/C13H9F2N/c1-2-10-4-3-5-13(16-10)11-7-6-9(14)8-12(11)15/h1,3-8H,2H2. The number of hydrogen-bond acceptors (Lipinski definition) is 1. The van der Waals surface area contributed by atoms with Crippen LogP contribution in [-0.2, 0) is 6.42 Å². The van der Waals surface area contributed by atoms with E-state index in [1.165, 1.54) is 12.1 Å². The molecule has 0 fully saturated rings. The third-order valence-corrected chi connectivity index (χ3v) is 2.22. The van der Waals surface area contributed by atoms with Crippen LogP contribution in [0.15, 0.2) is 36.4 Å². The Labute approximate surface area is 92.8 Å². The Morgan fingerprint density at radius 1 is 1.12 bits per heavy atom. The number of pyridine rings is 1. The van der Waals surface area contributed by atoms with Gasteiger partial charge in [0.2, 0.25) is 0 Å². The van der Waals surface area contributed by atoms with Crippen molar-refractivity contribution in [2.45, 2.75) is 6.42 Å². The lowest BCUT2D eigenvalue weighted by atomic mass is 10.1. The van der Waals surface area contributed by atoms with E-state index in [1.807, 2.05) is 0 Å². The van der Waals surface area contributed by atoms with E-state index in [0.29, 0.717) is 11.4 Å². The predicted octanol–water partition coefficient (Wildman–Crippen LogP) is 3.28. The Bertz CT molecular complexity index is 509. The molecule has 1 aromatic carbocycles. The molecule has 1 heterocycles. The quantitative estimate of drug-likeness (QED) is 0.752. The van der Waals surface area contributed by atoms with Crippen LogP contribution in [0, 0.1) is 18.6 Å². The molecule has 3 heteroatoms. The van der Waals surface area contributed by atoms with Gasteiger partial charge in [0, 0.05) is 17.3 Å². The van der Waals surface area contributed by atoms with E-state index in [-0.39, 0.29) is 12.0 Å². The molecule has 0 saturated heterocycles. The number of benzene rings is 1. The third kappa shape index (κ3) is 2.08. The van der Waals surface area contributed by atoms with Crippen molar-refractivity contribution in [2.24, 2.45) is 0 Å². The topological polar surface area (TPSA) is 12.9 Å². The first-order valence-electron chi connectivity index (χ1n) is 4.82. The predicted molar refractivity (Wildman–Crippen MR) is 57.6 cm³/mol. The van der Waals surface area contributed by atoms with Crippen LogP contribution in [-0.4, -0.2) is 4.98 Å². The van der Waals surface area contributed by atoms with Crippen LogP contribution in [0.3, 0.4) is 0 Å². The molecule has 0 saturated carbocycles. The summed E-state index contributed by atoms with van der Waals surface area (Å²) in [6.07, 6.45) is 0.288. The van der Waals surface area contributed by atoms with Crippen LogP contribution in [0.2, 0.25) is 0 Å². The van der Waals surface area contributed by atoms with Gasteiger partial charge in [-0.2, -0.15) is 0 Å². The molecule has 80 valence electrons. The molecule has 0 atom stereocenters. The number of nitrogens with zero attached hydrogens (tertiary/aromatic N) is 1. The lowest BCUT2D eigenvalue weighted by Crippen LogP contribution is -1.92. The van der Waals surface area contributed by atoms with Crippen molar-refractivity contribution in [3.63, 3.8) is 0 Å². The second-order valence-electron chi connectivity index (χ2n) is 3.34. The summed E-state index contributed by atoms with van der Waals surface area (Å²) in [7, 11) is 0. The smallest absolute Gasteiger partial charge is 0.135 e. The SMILES string of the molecule is [CH]Cc1cccc(-c2ccc(F)cc2F)n1. The molecule has 1 aromatic heterocycles. The maximum Gasteiger partial charge on any atom is 0.135 e. The van der Waals surface area contributed by atoms with E-state index in [1.54, 1.807) is 18.2 Å². The Morgan fingerprint density at radius 2 is 1.94 bits per heavy atom. The summed E-state index contributed by atoms with van der Waals surface area (Å²) in [5, 5.41) is 0. The summed E-state index contributed by atoms with van der Waals surface area (Å²) in [6.45, 7) is 5.44. The van der Waals surface area contributed by atoms with Crippen molar-refractivity contribution >= 4 is 0 Å². The molecule has 0 aliphatic rings. The van der Waals surface area contributed by atoms with Crippen molar-refractivity contribution in [3.8, 4) is 11.3 Å².